The van der Waals surface area contributed by atoms with Crippen LogP contribution in [0, 0.1) is 6.92 Å². The predicted molar refractivity (Wildman–Crippen MR) is 144 cm³/mol. The number of halogens is 1. The van der Waals surface area contributed by atoms with E-state index in [1.807, 2.05) is 36.4 Å². The summed E-state index contributed by atoms with van der Waals surface area (Å²) >= 11 is 1.65. The monoisotopic (exact) mass is 540 g/mol. The van der Waals surface area contributed by atoms with Gasteiger partial charge in [-0.2, -0.15) is 0 Å². The second kappa shape index (κ2) is 11.9. The van der Waals surface area contributed by atoms with Crippen molar-refractivity contribution in [3.05, 3.63) is 88.0 Å². The van der Waals surface area contributed by atoms with E-state index in [4.69, 9.17) is 19.2 Å². The van der Waals surface area contributed by atoms with Crippen LogP contribution in [-0.4, -0.2) is 25.9 Å². The van der Waals surface area contributed by atoms with Crippen LogP contribution in [0.5, 0.6) is 17.2 Å². The quantitative estimate of drug-likeness (QED) is 0.252. The molecule has 178 valence electrons. The van der Waals surface area contributed by atoms with Crippen molar-refractivity contribution in [2.24, 2.45) is 4.99 Å². The van der Waals surface area contributed by atoms with Crippen LogP contribution >= 0.6 is 28.3 Å². The first-order valence-corrected chi connectivity index (χ1v) is 11.6. The number of nitrogens with zero attached hydrogens (tertiary/aromatic N) is 2. The molecular formula is C27H29BrN2O3S. The van der Waals surface area contributed by atoms with Crippen molar-refractivity contribution < 1.29 is 14.2 Å². The average molecular weight is 542 g/mol. The molecule has 34 heavy (non-hydrogen) atoms. The van der Waals surface area contributed by atoms with Gasteiger partial charge < -0.3 is 18.8 Å². The van der Waals surface area contributed by atoms with Crippen molar-refractivity contribution in [1.82, 2.24) is 4.57 Å². The first-order valence-electron chi connectivity index (χ1n) is 10.8. The SMILES string of the molecule is Br.COc1ccc(-c2csc(=Nc3ccccc3C)n2CCc2ccc(OC)c(OC)c2)cc1. The Labute approximate surface area is 215 Å². The van der Waals surface area contributed by atoms with E-state index in [0.29, 0.717) is 0 Å². The fraction of sp³-hybridized carbons (Fsp3) is 0.222. The van der Waals surface area contributed by atoms with Gasteiger partial charge in [-0.1, -0.05) is 24.3 Å². The number of rotatable bonds is 8. The summed E-state index contributed by atoms with van der Waals surface area (Å²) in [5.74, 6) is 2.32. The summed E-state index contributed by atoms with van der Waals surface area (Å²) in [6.07, 6.45) is 0.835. The molecular weight excluding hydrogens is 512 g/mol. The van der Waals surface area contributed by atoms with Crippen LogP contribution in [0.4, 0.5) is 5.69 Å². The summed E-state index contributed by atoms with van der Waals surface area (Å²) in [6, 6.07) is 22.4. The van der Waals surface area contributed by atoms with E-state index < -0.39 is 0 Å². The second-order valence-electron chi connectivity index (χ2n) is 7.62. The van der Waals surface area contributed by atoms with Gasteiger partial charge >= 0.3 is 0 Å². The van der Waals surface area contributed by atoms with Crippen molar-refractivity contribution in [2.75, 3.05) is 21.3 Å². The van der Waals surface area contributed by atoms with E-state index in [1.165, 1.54) is 5.56 Å². The Morgan fingerprint density at radius 2 is 1.59 bits per heavy atom. The minimum Gasteiger partial charge on any atom is -0.497 e. The second-order valence-corrected chi connectivity index (χ2v) is 8.46. The summed E-state index contributed by atoms with van der Waals surface area (Å²) in [5.41, 5.74) is 5.58. The normalized spacial score (nSPS) is 11.1. The zero-order valence-corrected chi connectivity index (χ0v) is 22.3. The van der Waals surface area contributed by atoms with E-state index in [2.05, 4.69) is 47.2 Å². The molecule has 0 spiro atoms. The van der Waals surface area contributed by atoms with Crippen LogP contribution in [0.15, 0.2) is 77.1 Å². The number of aromatic nitrogens is 1. The fourth-order valence-corrected chi connectivity index (χ4v) is 4.64. The lowest BCUT2D eigenvalue weighted by Crippen LogP contribution is -2.17. The molecule has 0 saturated heterocycles. The van der Waals surface area contributed by atoms with Crippen LogP contribution in [0.1, 0.15) is 11.1 Å². The fourth-order valence-electron chi connectivity index (χ4n) is 3.70. The molecule has 1 aromatic heterocycles. The third-order valence-electron chi connectivity index (χ3n) is 5.59. The number of aryl methyl sites for hydroxylation is 2. The van der Waals surface area contributed by atoms with E-state index >= 15 is 0 Å². The summed E-state index contributed by atoms with van der Waals surface area (Å²) in [6.45, 7) is 2.87. The van der Waals surface area contributed by atoms with Crippen molar-refractivity contribution in [3.63, 3.8) is 0 Å². The highest BCUT2D eigenvalue weighted by molar-refractivity contribution is 8.93. The molecule has 0 bridgehead atoms. The number of thiazole rings is 1. The Balaban J connectivity index is 0.00000324. The standard InChI is InChI=1S/C27H28N2O3S.BrH/c1-19-7-5-6-8-23(19)28-27-29(16-15-20-9-14-25(31-3)26(17-20)32-4)24(18-33-27)21-10-12-22(30-2)13-11-21;/h5-14,17-18H,15-16H2,1-4H3;1H. The molecule has 0 aliphatic carbocycles. The molecule has 0 aliphatic rings. The van der Waals surface area contributed by atoms with Crippen LogP contribution in [0.2, 0.25) is 0 Å². The first kappa shape index (κ1) is 25.6. The number of hydrogen-bond donors (Lipinski definition) is 0. The third kappa shape index (κ3) is 5.72. The summed E-state index contributed by atoms with van der Waals surface area (Å²) < 4.78 is 18.5. The Morgan fingerprint density at radius 3 is 2.26 bits per heavy atom. The smallest absolute Gasteiger partial charge is 0.190 e. The van der Waals surface area contributed by atoms with Gasteiger partial charge in [0.1, 0.15) is 5.75 Å². The van der Waals surface area contributed by atoms with Crippen molar-refractivity contribution in [1.29, 1.82) is 0 Å². The number of ether oxygens (including phenoxy) is 3. The molecule has 0 atom stereocenters. The van der Waals surface area contributed by atoms with Gasteiger partial charge in [0.15, 0.2) is 16.3 Å². The summed E-state index contributed by atoms with van der Waals surface area (Å²) in [7, 11) is 5.00. The lowest BCUT2D eigenvalue weighted by Gasteiger charge is -2.12. The number of para-hydroxylation sites is 1. The molecule has 0 radical (unpaired) electrons. The van der Waals surface area contributed by atoms with Gasteiger partial charge in [0.2, 0.25) is 0 Å². The highest BCUT2D eigenvalue weighted by atomic mass is 79.9. The molecule has 0 fully saturated rings. The lowest BCUT2D eigenvalue weighted by atomic mass is 10.1. The summed E-state index contributed by atoms with van der Waals surface area (Å²) in [5, 5.41) is 2.17. The van der Waals surface area contributed by atoms with Gasteiger partial charge in [-0.25, -0.2) is 4.99 Å². The van der Waals surface area contributed by atoms with Gasteiger partial charge in [0, 0.05) is 11.9 Å². The van der Waals surface area contributed by atoms with Crippen LogP contribution in [-0.2, 0) is 13.0 Å². The zero-order chi connectivity index (χ0) is 23.2. The highest BCUT2D eigenvalue weighted by Crippen LogP contribution is 2.29. The van der Waals surface area contributed by atoms with Gasteiger partial charge in [-0.3, -0.25) is 0 Å². The Kier molecular flexibility index (Phi) is 8.96. The van der Waals surface area contributed by atoms with Crippen molar-refractivity contribution in [2.45, 2.75) is 19.9 Å². The maximum absolute atomic E-state index is 5.48. The molecule has 3 aromatic carbocycles. The predicted octanol–water partition coefficient (Wildman–Crippen LogP) is 6.60. The van der Waals surface area contributed by atoms with Crippen LogP contribution < -0.4 is 19.0 Å². The Hall–Kier alpha value is -3.03. The molecule has 4 aromatic rings. The Morgan fingerprint density at radius 1 is 0.853 bits per heavy atom. The molecule has 0 aliphatic heterocycles. The Bertz CT molecular complexity index is 1300. The summed E-state index contributed by atoms with van der Waals surface area (Å²) in [4.78, 5) is 5.97. The largest absolute Gasteiger partial charge is 0.497 e. The molecule has 0 unspecified atom stereocenters. The van der Waals surface area contributed by atoms with E-state index in [9.17, 15) is 0 Å². The molecule has 4 rings (SSSR count). The maximum Gasteiger partial charge on any atom is 0.190 e. The molecule has 0 saturated carbocycles. The van der Waals surface area contributed by atoms with Crippen LogP contribution in [0.3, 0.4) is 0 Å². The van der Waals surface area contributed by atoms with Gasteiger partial charge in [-0.05, 0) is 72.5 Å². The number of methoxy groups -OCH3 is 3. The highest BCUT2D eigenvalue weighted by Gasteiger charge is 2.11. The van der Waals surface area contributed by atoms with Crippen molar-refractivity contribution >= 4 is 34.0 Å². The average Bonchev–Trinajstić information content (AvgIpc) is 3.26. The lowest BCUT2D eigenvalue weighted by molar-refractivity contribution is 0.354. The minimum absolute atomic E-state index is 0. The molecule has 5 nitrogen and oxygen atoms in total. The minimum atomic E-state index is 0. The van der Waals surface area contributed by atoms with E-state index in [0.717, 1.165) is 57.5 Å². The van der Waals surface area contributed by atoms with Crippen LogP contribution in [0.25, 0.3) is 11.3 Å². The molecule has 0 amide bonds. The van der Waals surface area contributed by atoms with E-state index in [1.54, 1.807) is 32.7 Å². The molecule has 0 N–H and O–H groups in total. The molecule has 1 heterocycles. The molecule has 7 heteroatoms. The first-order chi connectivity index (χ1) is 16.1. The number of hydrogen-bond acceptors (Lipinski definition) is 5. The third-order valence-corrected chi connectivity index (χ3v) is 6.45. The maximum atomic E-state index is 5.48. The topological polar surface area (TPSA) is 45.0 Å². The number of benzene rings is 3. The van der Waals surface area contributed by atoms with Gasteiger partial charge in [0.25, 0.3) is 0 Å². The van der Waals surface area contributed by atoms with Gasteiger partial charge in [0.05, 0.1) is 32.7 Å². The zero-order valence-electron chi connectivity index (χ0n) is 19.8. The van der Waals surface area contributed by atoms with Crippen molar-refractivity contribution in [3.8, 4) is 28.5 Å². The van der Waals surface area contributed by atoms with E-state index in [-0.39, 0.29) is 17.0 Å². The van der Waals surface area contributed by atoms with Gasteiger partial charge in [-0.15, -0.1) is 28.3 Å².